The van der Waals surface area contributed by atoms with Crippen LogP contribution in [0.25, 0.3) is 0 Å². The third-order valence-corrected chi connectivity index (χ3v) is 4.88. The average molecular weight is 243 g/mol. The van der Waals surface area contributed by atoms with Gasteiger partial charge in [0.25, 0.3) is 0 Å². The lowest BCUT2D eigenvalue weighted by Gasteiger charge is -2.22. The molecule has 1 saturated carbocycles. The molecule has 1 aliphatic carbocycles. The standard InChI is InChI=1S/C8H16Cl2O2Si/c1-3-11-13(6-7-4-5-7)12-8(2,9)10/h7,13H,3-6H2,1-2H3. The lowest BCUT2D eigenvalue weighted by Crippen LogP contribution is -2.30. The van der Waals surface area contributed by atoms with Crippen LogP contribution in [0.5, 0.6) is 0 Å². The maximum atomic E-state index is 5.77. The van der Waals surface area contributed by atoms with E-state index in [1.54, 1.807) is 6.92 Å². The summed E-state index contributed by atoms with van der Waals surface area (Å²) >= 11 is 11.5. The van der Waals surface area contributed by atoms with E-state index in [4.69, 9.17) is 32.1 Å². The van der Waals surface area contributed by atoms with Gasteiger partial charge in [0.15, 0.2) is 0 Å². The molecule has 1 aliphatic rings. The Morgan fingerprint density at radius 3 is 2.46 bits per heavy atom. The van der Waals surface area contributed by atoms with Crippen LogP contribution in [-0.4, -0.2) is 20.4 Å². The molecular weight excluding hydrogens is 227 g/mol. The minimum Gasteiger partial charge on any atom is -0.397 e. The molecule has 0 aliphatic heterocycles. The summed E-state index contributed by atoms with van der Waals surface area (Å²) in [5.41, 5.74) is 0. The maximum Gasteiger partial charge on any atom is 0.324 e. The third-order valence-electron chi connectivity index (χ3n) is 1.91. The van der Waals surface area contributed by atoms with Gasteiger partial charge in [0.1, 0.15) is 0 Å². The van der Waals surface area contributed by atoms with E-state index in [0.29, 0.717) is 6.61 Å². The van der Waals surface area contributed by atoms with E-state index in [1.807, 2.05) is 6.92 Å². The molecule has 0 aromatic carbocycles. The second kappa shape index (κ2) is 4.98. The lowest BCUT2D eigenvalue weighted by atomic mass is 10.5. The third kappa shape index (κ3) is 5.91. The van der Waals surface area contributed by atoms with Crippen LogP contribution in [-0.2, 0) is 8.85 Å². The second-order valence-corrected chi connectivity index (χ2v) is 7.03. The van der Waals surface area contributed by atoms with E-state index in [9.17, 15) is 0 Å². The van der Waals surface area contributed by atoms with E-state index in [1.165, 1.54) is 12.8 Å². The van der Waals surface area contributed by atoms with E-state index >= 15 is 0 Å². The first-order chi connectivity index (χ1) is 6.01. The molecule has 1 fully saturated rings. The SMILES string of the molecule is CCO[SiH](CC1CC1)OC(C)(Cl)Cl. The Morgan fingerprint density at radius 2 is 2.08 bits per heavy atom. The zero-order valence-electron chi connectivity index (χ0n) is 8.06. The van der Waals surface area contributed by atoms with Crippen molar-refractivity contribution in [2.75, 3.05) is 6.61 Å². The fourth-order valence-corrected chi connectivity index (χ4v) is 3.94. The van der Waals surface area contributed by atoms with Crippen molar-refractivity contribution in [2.45, 2.75) is 37.3 Å². The number of hydrogen-bond acceptors (Lipinski definition) is 2. The molecule has 0 amide bonds. The highest BCUT2D eigenvalue weighted by Gasteiger charge is 2.32. The molecule has 78 valence electrons. The summed E-state index contributed by atoms with van der Waals surface area (Å²) in [6.45, 7) is 4.30. The van der Waals surface area contributed by atoms with Gasteiger partial charge in [0.2, 0.25) is 4.52 Å². The first kappa shape index (κ1) is 11.8. The van der Waals surface area contributed by atoms with Gasteiger partial charge in [-0.2, -0.15) is 0 Å². The van der Waals surface area contributed by atoms with Crippen molar-refractivity contribution in [3.8, 4) is 0 Å². The van der Waals surface area contributed by atoms with Crippen LogP contribution in [0.15, 0.2) is 0 Å². The quantitative estimate of drug-likeness (QED) is 0.527. The molecule has 0 aromatic heterocycles. The highest BCUT2D eigenvalue weighted by Crippen LogP contribution is 2.36. The Kier molecular flexibility index (Phi) is 4.52. The van der Waals surface area contributed by atoms with E-state index < -0.39 is 13.8 Å². The number of alkyl halides is 2. The highest BCUT2D eigenvalue weighted by molar-refractivity contribution is 6.52. The Balaban J connectivity index is 2.27. The summed E-state index contributed by atoms with van der Waals surface area (Å²) in [6.07, 6.45) is 2.61. The minimum atomic E-state index is -1.62. The zero-order valence-corrected chi connectivity index (χ0v) is 10.7. The molecule has 0 aromatic rings. The van der Waals surface area contributed by atoms with Gasteiger partial charge in [-0.15, -0.1) is 0 Å². The van der Waals surface area contributed by atoms with Gasteiger partial charge in [-0.1, -0.05) is 36.0 Å². The van der Waals surface area contributed by atoms with Crippen molar-refractivity contribution in [1.29, 1.82) is 0 Å². The smallest absolute Gasteiger partial charge is 0.324 e. The Bertz CT molecular complexity index is 157. The van der Waals surface area contributed by atoms with Crippen molar-refractivity contribution >= 4 is 32.5 Å². The lowest BCUT2D eigenvalue weighted by molar-refractivity contribution is 0.172. The van der Waals surface area contributed by atoms with Gasteiger partial charge >= 0.3 is 9.28 Å². The molecule has 1 unspecified atom stereocenters. The molecule has 5 heteroatoms. The Hall–Kier alpha value is 0.717. The minimum absolute atomic E-state index is 0.688. The largest absolute Gasteiger partial charge is 0.397 e. The summed E-state index contributed by atoms with van der Waals surface area (Å²) in [6, 6.07) is 1.04. The molecule has 1 rings (SSSR count). The summed E-state index contributed by atoms with van der Waals surface area (Å²) in [5, 5.41) is 0. The fraction of sp³-hybridized carbons (Fsp3) is 1.00. The number of rotatable bonds is 6. The molecular formula is C8H16Cl2O2Si. The zero-order chi connectivity index (χ0) is 9.90. The van der Waals surface area contributed by atoms with Crippen molar-refractivity contribution in [2.24, 2.45) is 5.92 Å². The molecule has 0 heterocycles. The molecule has 0 bridgehead atoms. The first-order valence-electron chi connectivity index (χ1n) is 4.68. The maximum absolute atomic E-state index is 5.77. The van der Waals surface area contributed by atoms with E-state index in [-0.39, 0.29) is 0 Å². The van der Waals surface area contributed by atoms with Crippen LogP contribution < -0.4 is 0 Å². The Morgan fingerprint density at radius 1 is 1.46 bits per heavy atom. The van der Waals surface area contributed by atoms with Crippen LogP contribution in [0.3, 0.4) is 0 Å². The van der Waals surface area contributed by atoms with Crippen LogP contribution >= 0.6 is 23.2 Å². The Labute approximate surface area is 91.3 Å². The average Bonchev–Trinajstić information content (AvgIpc) is 2.68. The van der Waals surface area contributed by atoms with Gasteiger partial charge in [-0.25, -0.2) is 0 Å². The van der Waals surface area contributed by atoms with E-state index in [0.717, 1.165) is 12.0 Å². The van der Waals surface area contributed by atoms with Crippen molar-refractivity contribution < 1.29 is 8.85 Å². The van der Waals surface area contributed by atoms with Crippen LogP contribution in [0.1, 0.15) is 26.7 Å². The van der Waals surface area contributed by atoms with Gasteiger partial charge in [-0.05, 0) is 25.8 Å². The van der Waals surface area contributed by atoms with Crippen molar-refractivity contribution in [3.63, 3.8) is 0 Å². The molecule has 2 nitrogen and oxygen atoms in total. The van der Waals surface area contributed by atoms with Crippen LogP contribution in [0, 0.1) is 5.92 Å². The van der Waals surface area contributed by atoms with Gasteiger partial charge in [0, 0.05) is 6.61 Å². The molecule has 0 N–H and O–H groups in total. The molecule has 13 heavy (non-hydrogen) atoms. The predicted octanol–water partition coefficient (Wildman–Crippen LogP) is 2.82. The summed E-state index contributed by atoms with van der Waals surface area (Å²) in [7, 11) is -1.62. The van der Waals surface area contributed by atoms with Gasteiger partial charge in [0.05, 0.1) is 0 Å². The highest BCUT2D eigenvalue weighted by atomic mass is 35.5. The summed E-state index contributed by atoms with van der Waals surface area (Å²) in [5.74, 6) is 0.805. The van der Waals surface area contributed by atoms with Gasteiger partial charge in [-0.3, -0.25) is 0 Å². The van der Waals surface area contributed by atoms with Crippen LogP contribution in [0.2, 0.25) is 6.04 Å². The molecule has 0 saturated heterocycles. The molecule has 0 radical (unpaired) electrons. The van der Waals surface area contributed by atoms with Gasteiger partial charge < -0.3 is 8.85 Å². The predicted molar refractivity (Wildman–Crippen MR) is 57.5 cm³/mol. The second-order valence-electron chi connectivity index (χ2n) is 3.49. The topological polar surface area (TPSA) is 18.5 Å². The monoisotopic (exact) mass is 242 g/mol. The first-order valence-corrected chi connectivity index (χ1v) is 7.20. The fourth-order valence-electron chi connectivity index (χ4n) is 1.19. The molecule has 0 spiro atoms. The normalized spacial score (nSPS) is 20.3. The number of hydrogen-bond donors (Lipinski definition) is 0. The van der Waals surface area contributed by atoms with Crippen LogP contribution in [0.4, 0.5) is 0 Å². The summed E-state index contributed by atoms with van der Waals surface area (Å²) in [4.78, 5) is 0. The number of halogens is 2. The van der Waals surface area contributed by atoms with Crippen molar-refractivity contribution in [1.82, 2.24) is 0 Å². The summed E-state index contributed by atoms with van der Waals surface area (Å²) < 4.78 is 9.91. The van der Waals surface area contributed by atoms with Crippen molar-refractivity contribution in [3.05, 3.63) is 0 Å². The van der Waals surface area contributed by atoms with E-state index in [2.05, 4.69) is 0 Å². The molecule has 1 atom stereocenters.